The van der Waals surface area contributed by atoms with Gasteiger partial charge in [-0.25, -0.2) is 9.50 Å². The standard InChI is InChI=1S/C24H31N5O2/c1-13(2)17-8-7-9-18(14(3)4)22(17)28-21(30)11-10-19-15(5)27-24-20(23(25)31)12-26-29(24)16(19)6/h7-9,12-14H,10-11H2,1-6H3,(H2,25,31)(H,28,30). The van der Waals surface area contributed by atoms with Crippen LogP contribution in [-0.2, 0) is 11.2 Å². The van der Waals surface area contributed by atoms with Crippen molar-refractivity contribution in [2.75, 3.05) is 5.32 Å². The number of amides is 2. The topological polar surface area (TPSA) is 102 Å². The first-order valence-electron chi connectivity index (χ1n) is 10.7. The maximum atomic E-state index is 12.9. The van der Waals surface area contributed by atoms with E-state index in [4.69, 9.17) is 5.73 Å². The fourth-order valence-corrected chi connectivity index (χ4v) is 3.98. The number of aryl methyl sites for hydroxylation is 2. The normalized spacial score (nSPS) is 11.5. The lowest BCUT2D eigenvalue weighted by Gasteiger charge is -2.20. The average molecular weight is 422 g/mol. The van der Waals surface area contributed by atoms with E-state index in [1.807, 2.05) is 13.8 Å². The van der Waals surface area contributed by atoms with Crippen LogP contribution in [0.15, 0.2) is 24.4 Å². The number of primary amides is 1. The second kappa shape index (κ2) is 8.88. The number of nitrogens with zero attached hydrogens (tertiary/aromatic N) is 3. The molecule has 1 aromatic carbocycles. The largest absolute Gasteiger partial charge is 0.365 e. The summed E-state index contributed by atoms with van der Waals surface area (Å²) >= 11 is 0. The number of carbonyl (C=O) groups is 2. The number of aromatic nitrogens is 3. The maximum absolute atomic E-state index is 12.9. The van der Waals surface area contributed by atoms with Crippen molar-refractivity contribution < 1.29 is 9.59 Å². The third-order valence-corrected chi connectivity index (χ3v) is 5.71. The van der Waals surface area contributed by atoms with Crippen molar-refractivity contribution in [2.24, 2.45) is 5.73 Å². The zero-order valence-corrected chi connectivity index (χ0v) is 19.1. The SMILES string of the molecule is Cc1nc2c(C(N)=O)cnn2c(C)c1CCC(=O)Nc1c(C(C)C)cccc1C(C)C. The van der Waals surface area contributed by atoms with Crippen LogP contribution >= 0.6 is 0 Å². The molecule has 0 aliphatic rings. The molecule has 0 atom stereocenters. The first kappa shape index (κ1) is 22.5. The van der Waals surface area contributed by atoms with Crippen molar-refractivity contribution >= 4 is 23.1 Å². The lowest BCUT2D eigenvalue weighted by Crippen LogP contribution is -2.17. The molecule has 0 saturated carbocycles. The Hall–Kier alpha value is -3.22. The molecule has 7 heteroatoms. The average Bonchev–Trinajstić information content (AvgIpc) is 3.11. The minimum atomic E-state index is -0.557. The van der Waals surface area contributed by atoms with Gasteiger partial charge in [0.2, 0.25) is 5.91 Å². The number of para-hydroxylation sites is 1. The molecule has 0 saturated heterocycles. The molecule has 0 bridgehead atoms. The maximum Gasteiger partial charge on any atom is 0.254 e. The van der Waals surface area contributed by atoms with Crippen LogP contribution in [0.1, 0.15) is 84.4 Å². The number of hydrogen-bond acceptors (Lipinski definition) is 4. The third kappa shape index (κ3) is 4.45. The molecule has 2 aromatic heterocycles. The van der Waals surface area contributed by atoms with Crippen molar-refractivity contribution in [3.05, 3.63) is 58.0 Å². The van der Waals surface area contributed by atoms with Crippen LogP contribution in [0.3, 0.4) is 0 Å². The van der Waals surface area contributed by atoms with Gasteiger partial charge in [-0.2, -0.15) is 5.10 Å². The van der Waals surface area contributed by atoms with E-state index in [9.17, 15) is 9.59 Å². The van der Waals surface area contributed by atoms with E-state index in [1.54, 1.807) is 4.52 Å². The van der Waals surface area contributed by atoms with E-state index < -0.39 is 5.91 Å². The lowest BCUT2D eigenvalue weighted by molar-refractivity contribution is -0.116. The van der Waals surface area contributed by atoms with Crippen molar-refractivity contribution in [3.63, 3.8) is 0 Å². The molecule has 31 heavy (non-hydrogen) atoms. The summed E-state index contributed by atoms with van der Waals surface area (Å²) in [6, 6.07) is 6.21. The molecule has 0 aliphatic carbocycles. The number of nitrogens with one attached hydrogen (secondary N) is 1. The van der Waals surface area contributed by atoms with Crippen molar-refractivity contribution in [3.8, 4) is 0 Å². The van der Waals surface area contributed by atoms with E-state index in [2.05, 4.69) is 61.3 Å². The summed E-state index contributed by atoms with van der Waals surface area (Å²) in [6.45, 7) is 12.3. The van der Waals surface area contributed by atoms with E-state index in [-0.39, 0.29) is 5.91 Å². The monoisotopic (exact) mass is 421 g/mol. The van der Waals surface area contributed by atoms with Crippen LogP contribution in [0, 0.1) is 13.8 Å². The predicted octanol–water partition coefficient (Wildman–Crippen LogP) is 4.26. The van der Waals surface area contributed by atoms with Crippen molar-refractivity contribution in [1.29, 1.82) is 0 Å². The lowest BCUT2D eigenvalue weighted by atomic mass is 9.92. The van der Waals surface area contributed by atoms with Crippen LogP contribution in [0.4, 0.5) is 5.69 Å². The zero-order chi connectivity index (χ0) is 22.9. The number of anilines is 1. The summed E-state index contributed by atoms with van der Waals surface area (Å²) in [5, 5.41) is 7.42. The number of nitrogens with two attached hydrogens (primary N) is 1. The van der Waals surface area contributed by atoms with E-state index >= 15 is 0 Å². The Labute approximate surface area is 183 Å². The Morgan fingerprint density at radius 3 is 2.26 bits per heavy atom. The summed E-state index contributed by atoms with van der Waals surface area (Å²) < 4.78 is 1.62. The highest BCUT2D eigenvalue weighted by molar-refractivity contribution is 5.98. The number of rotatable bonds is 7. The zero-order valence-electron chi connectivity index (χ0n) is 19.1. The van der Waals surface area contributed by atoms with Gasteiger partial charge in [-0.15, -0.1) is 0 Å². The van der Waals surface area contributed by atoms with E-state index in [1.165, 1.54) is 6.20 Å². The molecule has 0 aliphatic heterocycles. The van der Waals surface area contributed by atoms with Crippen LogP contribution in [0.2, 0.25) is 0 Å². The molecule has 3 rings (SSSR count). The number of benzene rings is 1. The highest BCUT2D eigenvalue weighted by Gasteiger charge is 2.19. The van der Waals surface area contributed by atoms with Gasteiger partial charge >= 0.3 is 0 Å². The molecule has 0 unspecified atom stereocenters. The van der Waals surface area contributed by atoms with Gasteiger partial charge < -0.3 is 11.1 Å². The van der Waals surface area contributed by atoms with Crippen LogP contribution in [0.25, 0.3) is 5.65 Å². The van der Waals surface area contributed by atoms with Gasteiger partial charge in [-0.3, -0.25) is 9.59 Å². The Bertz CT molecular complexity index is 1120. The number of fused-ring (bicyclic) bond motifs is 1. The minimum Gasteiger partial charge on any atom is -0.365 e. The Balaban J connectivity index is 1.84. The molecular formula is C24H31N5O2. The fraction of sp³-hybridized carbons (Fsp3) is 0.417. The van der Waals surface area contributed by atoms with E-state index in [0.717, 1.165) is 33.8 Å². The van der Waals surface area contributed by atoms with Crippen molar-refractivity contribution in [1.82, 2.24) is 14.6 Å². The summed E-state index contributed by atoms with van der Waals surface area (Å²) in [6.07, 6.45) is 2.28. The molecule has 2 heterocycles. The Kier molecular flexibility index (Phi) is 6.43. The number of hydrogen-bond donors (Lipinski definition) is 2. The predicted molar refractivity (Wildman–Crippen MR) is 123 cm³/mol. The third-order valence-electron chi connectivity index (χ3n) is 5.71. The molecule has 0 spiro atoms. The van der Waals surface area contributed by atoms with E-state index in [0.29, 0.717) is 35.9 Å². The molecule has 3 aromatic rings. The Morgan fingerprint density at radius 1 is 1.10 bits per heavy atom. The first-order valence-corrected chi connectivity index (χ1v) is 10.7. The summed E-state index contributed by atoms with van der Waals surface area (Å²) in [7, 11) is 0. The minimum absolute atomic E-state index is 0.0350. The molecule has 0 fully saturated rings. The molecule has 2 amide bonds. The summed E-state index contributed by atoms with van der Waals surface area (Å²) in [4.78, 5) is 29.0. The molecule has 3 N–H and O–H groups in total. The van der Waals surface area contributed by atoms with Crippen LogP contribution in [-0.4, -0.2) is 26.4 Å². The summed E-state index contributed by atoms with van der Waals surface area (Å²) in [5.41, 5.74) is 11.9. The van der Waals surface area contributed by atoms with Crippen LogP contribution < -0.4 is 11.1 Å². The van der Waals surface area contributed by atoms with Gasteiger partial charge in [0.1, 0.15) is 5.56 Å². The second-order valence-electron chi connectivity index (χ2n) is 8.59. The molecule has 0 radical (unpaired) electrons. The van der Waals surface area contributed by atoms with Gasteiger partial charge in [0, 0.05) is 23.5 Å². The molecule has 7 nitrogen and oxygen atoms in total. The molecule has 164 valence electrons. The quantitative estimate of drug-likeness (QED) is 0.595. The first-order chi connectivity index (χ1) is 14.6. The van der Waals surface area contributed by atoms with Gasteiger partial charge in [0.15, 0.2) is 5.65 Å². The number of carbonyl (C=O) groups excluding carboxylic acids is 2. The van der Waals surface area contributed by atoms with Gasteiger partial charge in [0.25, 0.3) is 5.91 Å². The highest BCUT2D eigenvalue weighted by Crippen LogP contribution is 2.32. The smallest absolute Gasteiger partial charge is 0.254 e. The highest BCUT2D eigenvalue weighted by atomic mass is 16.2. The van der Waals surface area contributed by atoms with Gasteiger partial charge in [0.05, 0.1) is 6.20 Å². The summed E-state index contributed by atoms with van der Waals surface area (Å²) in [5.74, 6) is 0.0270. The fourth-order valence-electron chi connectivity index (χ4n) is 3.98. The second-order valence-corrected chi connectivity index (χ2v) is 8.59. The van der Waals surface area contributed by atoms with Crippen molar-refractivity contribution in [2.45, 2.75) is 66.2 Å². The van der Waals surface area contributed by atoms with Gasteiger partial charge in [-0.05, 0) is 48.8 Å². The van der Waals surface area contributed by atoms with Gasteiger partial charge in [-0.1, -0.05) is 45.9 Å². The van der Waals surface area contributed by atoms with Crippen LogP contribution in [0.5, 0.6) is 0 Å². The Morgan fingerprint density at radius 2 is 1.71 bits per heavy atom. The molecular weight excluding hydrogens is 390 g/mol.